The van der Waals surface area contributed by atoms with Crippen molar-refractivity contribution < 1.29 is 19.7 Å². The molecule has 0 heterocycles. The lowest BCUT2D eigenvalue weighted by molar-refractivity contribution is -0.143. The van der Waals surface area contributed by atoms with Crippen molar-refractivity contribution in [2.45, 2.75) is 32.2 Å². The van der Waals surface area contributed by atoms with E-state index in [0.717, 1.165) is 24.8 Å². The van der Waals surface area contributed by atoms with E-state index >= 15 is 0 Å². The summed E-state index contributed by atoms with van der Waals surface area (Å²) < 4.78 is 4.79. The standard InChI is InChI=1S/C15H23NO4/c1-11-6-7-13(18)12(10-11)14(15(19)20-2)16-8-4-3-5-9-17/h6-7,10,14,16-18H,3-5,8-9H2,1-2H3. The minimum atomic E-state index is -0.672. The molecule has 20 heavy (non-hydrogen) atoms. The summed E-state index contributed by atoms with van der Waals surface area (Å²) >= 11 is 0. The SMILES string of the molecule is COC(=O)C(NCCCCCO)c1cc(C)ccc1O. The van der Waals surface area contributed by atoms with Crippen molar-refractivity contribution in [2.75, 3.05) is 20.3 Å². The van der Waals surface area contributed by atoms with Crippen LogP contribution >= 0.6 is 0 Å². The van der Waals surface area contributed by atoms with Crippen molar-refractivity contribution in [2.24, 2.45) is 0 Å². The molecule has 0 aromatic heterocycles. The highest BCUT2D eigenvalue weighted by atomic mass is 16.5. The van der Waals surface area contributed by atoms with Gasteiger partial charge in [-0.25, -0.2) is 4.79 Å². The van der Waals surface area contributed by atoms with E-state index < -0.39 is 12.0 Å². The van der Waals surface area contributed by atoms with E-state index in [0.29, 0.717) is 12.1 Å². The average molecular weight is 281 g/mol. The number of hydrogen-bond acceptors (Lipinski definition) is 5. The van der Waals surface area contributed by atoms with Gasteiger partial charge in [-0.1, -0.05) is 17.7 Å². The third-order valence-corrected chi connectivity index (χ3v) is 3.11. The van der Waals surface area contributed by atoms with E-state index in [1.807, 2.05) is 6.92 Å². The Morgan fingerprint density at radius 3 is 2.75 bits per heavy atom. The fraction of sp³-hybridized carbons (Fsp3) is 0.533. The third-order valence-electron chi connectivity index (χ3n) is 3.11. The molecule has 5 heteroatoms. The lowest BCUT2D eigenvalue weighted by Gasteiger charge is -2.18. The van der Waals surface area contributed by atoms with Crippen molar-refractivity contribution in [1.82, 2.24) is 5.32 Å². The predicted molar refractivity (Wildman–Crippen MR) is 76.5 cm³/mol. The number of phenols is 1. The zero-order valence-corrected chi connectivity index (χ0v) is 12.1. The molecule has 0 saturated heterocycles. The van der Waals surface area contributed by atoms with Gasteiger partial charge in [0.25, 0.3) is 0 Å². The molecule has 0 amide bonds. The highest BCUT2D eigenvalue weighted by Gasteiger charge is 2.23. The number of aliphatic hydroxyl groups excluding tert-OH is 1. The van der Waals surface area contributed by atoms with Gasteiger partial charge in [0, 0.05) is 12.2 Å². The summed E-state index contributed by atoms with van der Waals surface area (Å²) in [5, 5.41) is 21.7. The highest BCUT2D eigenvalue weighted by molar-refractivity contribution is 5.78. The van der Waals surface area contributed by atoms with Crippen LogP contribution in [0.2, 0.25) is 0 Å². The van der Waals surface area contributed by atoms with Crippen LogP contribution in [0.5, 0.6) is 5.75 Å². The minimum Gasteiger partial charge on any atom is -0.508 e. The first-order valence-corrected chi connectivity index (χ1v) is 6.81. The molecule has 1 aromatic carbocycles. The Kier molecular flexibility index (Phi) is 7.04. The van der Waals surface area contributed by atoms with Gasteiger partial charge in [0.05, 0.1) is 7.11 Å². The first-order valence-electron chi connectivity index (χ1n) is 6.81. The first-order chi connectivity index (χ1) is 9.60. The Morgan fingerprint density at radius 1 is 1.35 bits per heavy atom. The number of ether oxygens (including phenoxy) is 1. The number of methoxy groups -OCH3 is 1. The van der Waals surface area contributed by atoms with E-state index in [-0.39, 0.29) is 12.4 Å². The van der Waals surface area contributed by atoms with Gasteiger partial charge in [0.15, 0.2) is 0 Å². The number of aliphatic hydroxyl groups is 1. The summed E-state index contributed by atoms with van der Waals surface area (Å²) in [6, 6.07) is 4.47. The Labute approximate surface area is 119 Å². The van der Waals surface area contributed by atoms with Crippen LogP contribution in [0, 0.1) is 6.92 Å². The molecule has 3 N–H and O–H groups in total. The molecule has 0 aliphatic carbocycles. The molecule has 0 saturated carbocycles. The predicted octanol–water partition coefficient (Wildman–Crippen LogP) is 1.67. The molecular weight excluding hydrogens is 258 g/mol. The van der Waals surface area contributed by atoms with Crippen LogP contribution in [0.15, 0.2) is 18.2 Å². The van der Waals surface area contributed by atoms with E-state index in [4.69, 9.17) is 9.84 Å². The second-order valence-electron chi connectivity index (χ2n) is 4.76. The summed E-state index contributed by atoms with van der Waals surface area (Å²) in [7, 11) is 1.33. The topological polar surface area (TPSA) is 78.8 Å². The molecule has 0 spiro atoms. The average Bonchev–Trinajstić information content (AvgIpc) is 2.45. The van der Waals surface area contributed by atoms with E-state index in [1.165, 1.54) is 7.11 Å². The maximum Gasteiger partial charge on any atom is 0.327 e. The molecule has 0 aliphatic heterocycles. The van der Waals surface area contributed by atoms with Crippen molar-refractivity contribution in [3.8, 4) is 5.75 Å². The molecule has 1 atom stereocenters. The first kappa shape index (κ1) is 16.5. The fourth-order valence-corrected chi connectivity index (χ4v) is 2.00. The summed E-state index contributed by atoms with van der Waals surface area (Å²) in [6.07, 6.45) is 2.48. The molecule has 5 nitrogen and oxygen atoms in total. The Hall–Kier alpha value is -1.59. The molecule has 1 rings (SSSR count). The van der Waals surface area contributed by atoms with Gasteiger partial charge in [-0.3, -0.25) is 0 Å². The van der Waals surface area contributed by atoms with Gasteiger partial charge >= 0.3 is 5.97 Å². The Morgan fingerprint density at radius 2 is 2.10 bits per heavy atom. The maximum atomic E-state index is 11.9. The largest absolute Gasteiger partial charge is 0.508 e. The van der Waals surface area contributed by atoms with Crippen LogP contribution < -0.4 is 5.32 Å². The van der Waals surface area contributed by atoms with Gasteiger partial charge in [0.1, 0.15) is 11.8 Å². The Balaban J connectivity index is 2.74. The van der Waals surface area contributed by atoms with Crippen molar-refractivity contribution in [1.29, 1.82) is 0 Å². The van der Waals surface area contributed by atoms with Gasteiger partial charge in [-0.15, -0.1) is 0 Å². The lowest BCUT2D eigenvalue weighted by Crippen LogP contribution is -2.30. The van der Waals surface area contributed by atoms with Gasteiger partial charge in [0.2, 0.25) is 0 Å². The second kappa shape index (κ2) is 8.55. The van der Waals surface area contributed by atoms with Crippen LogP contribution in [0.1, 0.15) is 36.4 Å². The van der Waals surface area contributed by atoms with Crippen LogP contribution in [-0.2, 0) is 9.53 Å². The normalized spacial score (nSPS) is 12.2. The van der Waals surface area contributed by atoms with Crippen molar-refractivity contribution in [3.63, 3.8) is 0 Å². The zero-order chi connectivity index (χ0) is 15.0. The van der Waals surface area contributed by atoms with Crippen LogP contribution in [0.3, 0.4) is 0 Å². The number of esters is 1. The maximum absolute atomic E-state index is 11.9. The number of phenolic OH excluding ortho intramolecular Hbond substituents is 1. The van der Waals surface area contributed by atoms with E-state index in [2.05, 4.69) is 5.32 Å². The fourth-order valence-electron chi connectivity index (χ4n) is 2.00. The van der Waals surface area contributed by atoms with Crippen molar-refractivity contribution >= 4 is 5.97 Å². The Bertz CT molecular complexity index is 434. The molecule has 1 unspecified atom stereocenters. The molecule has 112 valence electrons. The molecule has 0 bridgehead atoms. The summed E-state index contributed by atoms with van der Waals surface area (Å²) in [5.41, 5.74) is 1.49. The zero-order valence-electron chi connectivity index (χ0n) is 12.1. The number of unbranched alkanes of at least 4 members (excludes halogenated alkanes) is 2. The number of aryl methyl sites for hydroxylation is 1. The number of nitrogens with one attached hydrogen (secondary N) is 1. The quantitative estimate of drug-likeness (QED) is 0.499. The summed E-state index contributed by atoms with van der Waals surface area (Å²) in [5.74, 6) is -0.345. The number of carbonyl (C=O) groups is 1. The molecule has 1 aromatic rings. The van der Waals surface area contributed by atoms with Gasteiger partial charge in [-0.2, -0.15) is 0 Å². The lowest BCUT2D eigenvalue weighted by atomic mass is 10.0. The number of carbonyl (C=O) groups excluding carboxylic acids is 1. The molecule has 0 fully saturated rings. The number of hydrogen-bond donors (Lipinski definition) is 3. The van der Waals surface area contributed by atoms with Crippen LogP contribution in [0.25, 0.3) is 0 Å². The monoisotopic (exact) mass is 281 g/mol. The third kappa shape index (κ3) is 4.83. The van der Waals surface area contributed by atoms with Gasteiger partial charge in [-0.05, 0) is 38.8 Å². The van der Waals surface area contributed by atoms with E-state index in [1.54, 1.807) is 18.2 Å². The molecular formula is C15H23NO4. The van der Waals surface area contributed by atoms with Crippen LogP contribution in [-0.4, -0.2) is 36.4 Å². The summed E-state index contributed by atoms with van der Waals surface area (Å²) in [6.45, 7) is 2.70. The minimum absolute atomic E-state index is 0.0776. The van der Waals surface area contributed by atoms with Crippen LogP contribution in [0.4, 0.5) is 0 Å². The number of aromatic hydroxyl groups is 1. The summed E-state index contributed by atoms with van der Waals surface area (Å²) in [4.78, 5) is 11.9. The molecule has 0 aliphatic rings. The van der Waals surface area contributed by atoms with Gasteiger partial charge < -0.3 is 20.3 Å². The smallest absolute Gasteiger partial charge is 0.327 e. The van der Waals surface area contributed by atoms with Crippen molar-refractivity contribution in [3.05, 3.63) is 29.3 Å². The highest BCUT2D eigenvalue weighted by Crippen LogP contribution is 2.26. The van der Waals surface area contributed by atoms with E-state index in [9.17, 15) is 9.90 Å². The number of rotatable bonds is 8. The molecule has 0 radical (unpaired) electrons. The second-order valence-corrected chi connectivity index (χ2v) is 4.76. The number of benzene rings is 1.